The van der Waals surface area contributed by atoms with E-state index in [2.05, 4.69) is 17.1 Å². The number of ether oxygens (including phenoxy) is 1. The fourth-order valence-electron chi connectivity index (χ4n) is 2.91. The lowest BCUT2D eigenvalue weighted by molar-refractivity contribution is 0.0171. The maximum atomic E-state index is 5.61. The Bertz CT molecular complexity index is 192. The fraction of sp³-hybridized carbons (Fsp3) is 1.00. The first-order valence-corrected chi connectivity index (χ1v) is 6.95. The van der Waals surface area contributed by atoms with Gasteiger partial charge >= 0.3 is 0 Å². The number of hydrogen-bond donors (Lipinski definition) is 1. The molecule has 0 aromatic rings. The summed E-state index contributed by atoms with van der Waals surface area (Å²) in [6.07, 6.45) is 6.46. The minimum absolute atomic E-state index is 0.688. The summed E-state index contributed by atoms with van der Waals surface area (Å²) in [7, 11) is 0. The van der Waals surface area contributed by atoms with Crippen molar-refractivity contribution in [2.24, 2.45) is 0 Å². The van der Waals surface area contributed by atoms with E-state index in [0.29, 0.717) is 12.1 Å². The first-order chi connectivity index (χ1) is 7.90. The Labute approximate surface area is 99.5 Å². The van der Waals surface area contributed by atoms with Crippen LogP contribution in [0.1, 0.15) is 39.0 Å². The molecule has 2 atom stereocenters. The van der Waals surface area contributed by atoms with Crippen LogP contribution in [0.3, 0.4) is 0 Å². The third-order valence-corrected chi connectivity index (χ3v) is 3.80. The van der Waals surface area contributed by atoms with E-state index < -0.39 is 0 Å². The second kappa shape index (κ2) is 6.58. The molecule has 1 N–H and O–H groups in total. The molecule has 0 bridgehead atoms. The van der Waals surface area contributed by atoms with E-state index in [1.807, 2.05) is 0 Å². The summed E-state index contributed by atoms with van der Waals surface area (Å²) in [6, 6.07) is 1.39. The maximum absolute atomic E-state index is 5.61. The van der Waals surface area contributed by atoms with E-state index in [9.17, 15) is 0 Å². The van der Waals surface area contributed by atoms with Crippen molar-refractivity contribution >= 4 is 0 Å². The molecule has 2 fully saturated rings. The monoisotopic (exact) mass is 226 g/mol. The molecule has 16 heavy (non-hydrogen) atoms. The molecule has 0 aliphatic carbocycles. The first kappa shape index (κ1) is 12.3. The van der Waals surface area contributed by atoms with Crippen molar-refractivity contribution in [2.45, 2.75) is 51.1 Å². The minimum atomic E-state index is 0.688. The standard InChI is InChI=1S/C13H26N2O/c1-2-5-12-10-15(8-4-7-14-12)13-6-3-9-16-11-13/h12-14H,2-11H2,1H3. The van der Waals surface area contributed by atoms with Gasteiger partial charge in [0.15, 0.2) is 0 Å². The summed E-state index contributed by atoms with van der Waals surface area (Å²) in [5, 5.41) is 3.67. The van der Waals surface area contributed by atoms with Gasteiger partial charge in [-0.15, -0.1) is 0 Å². The zero-order valence-corrected chi connectivity index (χ0v) is 10.6. The average molecular weight is 226 g/mol. The van der Waals surface area contributed by atoms with Gasteiger partial charge in [0.2, 0.25) is 0 Å². The smallest absolute Gasteiger partial charge is 0.0621 e. The molecule has 0 saturated carbocycles. The van der Waals surface area contributed by atoms with Gasteiger partial charge in [0, 0.05) is 25.2 Å². The number of hydrogen-bond acceptors (Lipinski definition) is 3. The quantitative estimate of drug-likeness (QED) is 0.791. The second-order valence-corrected chi connectivity index (χ2v) is 5.16. The van der Waals surface area contributed by atoms with Crippen molar-refractivity contribution in [3.05, 3.63) is 0 Å². The van der Waals surface area contributed by atoms with Gasteiger partial charge in [-0.1, -0.05) is 13.3 Å². The molecular weight excluding hydrogens is 200 g/mol. The van der Waals surface area contributed by atoms with Crippen LogP contribution in [0.15, 0.2) is 0 Å². The van der Waals surface area contributed by atoms with E-state index in [1.165, 1.54) is 51.7 Å². The summed E-state index contributed by atoms with van der Waals surface area (Å²) in [5.41, 5.74) is 0. The van der Waals surface area contributed by atoms with Crippen molar-refractivity contribution < 1.29 is 4.74 Å². The first-order valence-electron chi connectivity index (χ1n) is 6.95. The molecule has 3 heteroatoms. The summed E-state index contributed by atoms with van der Waals surface area (Å²) in [5.74, 6) is 0. The summed E-state index contributed by atoms with van der Waals surface area (Å²) in [4.78, 5) is 2.67. The SMILES string of the molecule is CCCC1CN(C2CCCOC2)CCCN1. The minimum Gasteiger partial charge on any atom is -0.380 e. The van der Waals surface area contributed by atoms with Crippen molar-refractivity contribution in [2.75, 3.05) is 32.8 Å². The Morgan fingerprint density at radius 1 is 1.38 bits per heavy atom. The predicted octanol–water partition coefficient (Wildman–Crippen LogP) is 1.63. The van der Waals surface area contributed by atoms with E-state index in [1.54, 1.807) is 0 Å². The molecule has 2 heterocycles. The Balaban J connectivity index is 1.86. The molecule has 3 nitrogen and oxygen atoms in total. The van der Waals surface area contributed by atoms with Crippen LogP contribution in [0.2, 0.25) is 0 Å². The topological polar surface area (TPSA) is 24.5 Å². The normalized spacial score (nSPS) is 33.6. The van der Waals surface area contributed by atoms with E-state index >= 15 is 0 Å². The van der Waals surface area contributed by atoms with E-state index in [4.69, 9.17) is 4.74 Å². The molecule has 2 aliphatic rings. The Hall–Kier alpha value is -0.120. The number of nitrogens with zero attached hydrogens (tertiary/aromatic N) is 1. The highest BCUT2D eigenvalue weighted by Crippen LogP contribution is 2.16. The zero-order chi connectivity index (χ0) is 11.2. The molecule has 2 aliphatic heterocycles. The lowest BCUT2D eigenvalue weighted by atomic mass is 10.1. The van der Waals surface area contributed by atoms with Gasteiger partial charge in [-0.3, -0.25) is 4.90 Å². The van der Waals surface area contributed by atoms with Crippen LogP contribution in [0.5, 0.6) is 0 Å². The molecule has 2 saturated heterocycles. The number of nitrogens with one attached hydrogen (secondary N) is 1. The Morgan fingerprint density at radius 3 is 3.06 bits per heavy atom. The van der Waals surface area contributed by atoms with Crippen LogP contribution in [-0.2, 0) is 4.74 Å². The van der Waals surface area contributed by atoms with Crippen molar-refractivity contribution in [1.29, 1.82) is 0 Å². The van der Waals surface area contributed by atoms with Gasteiger partial charge in [0.1, 0.15) is 0 Å². The molecular formula is C13H26N2O. The van der Waals surface area contributed by atoms with Crippen LogP contribution in [-0.4, -0.2) is 49.8 Å². The third-order valence-electron chi connectivity index (χ3n) is 3.80. The molecule has 0 aromatic carbocycles. The lowest BCUT2D eigenvalue weighted by Crippen LogP contribution is -2.46. The van der Waals surface area contributed by atoms with Crippen LogP contribution in [0.4, 0.5) is 0 Å². The summed E-state index contributed by atoms with van der Waals surface area (Å²) >= 11 is 0. The van der Waals surface area contributed by atoms with Crippen LogP contribution in [0.25, 0.3) is 0 Å². The molecule has 0 amide bonds. The van der Waals surface area contributed by atoms with E-state index in [-0.39, 0.29) is 0 Å². The highest BCUT2D eigenvalue weighted by molar-refractivity contribution is 4.82. The van der Waals surface area contributed by atoms with Crippen molar-refractivity contribution in [1.82, 2.24) is 10.2 Å². The predicted molar refractivity (Wildman–Crippen MR) is 66.7 cm³/mol. The largest absolute Gasteiger partial charge is 0.380 e. The Morgan fingerprint density at radius 2 is 2.31 bits per heavy atom. The molecule has 0 radical (unpaired) electrons. The molecule has 94 valence electrons. The average Bonchev–Trinajstić information content (AvgIpc) is 2.56. The van der Waals surface area contributed by atoms with Crippen LogP contribution >= 0.6 is 0 Å². The molecule has 0 aromatic heterocycles. The third kappa shape index (κ3) is 3.44. The lowest BCUT2D eigenvalue weighted by Gasteiger charge is -2.34. The van der Waals surface area contributed by atoms with Gasteiger partial charge in [0.25, 0.3) is 0 Å². The van der Waals surface area contributed by atoms with Gasteiger partial charge in [-0.2, -0.15) is 0 Å². The van der Waals surface area contributed by atoms with Gasteiger partial charge in [-0.25, -0.2) is 0 Å². The highest BCUT2D eigenvalue weighted by atomic mass is 16.5. The summed E-state index contributed by atoms with van der Waals surface area (Å²) in [6.45, 7) is 7.87. The molecule has 2 rings (SSSR count). The molecule has 0 spiro atoms. The Kier molecular flexibility index (Phi) is 5.07. The van der Waals surface area contributed by atoms with Crippen LogP contribution in [0, 0.1) is 0 Å². The second-order valence-electron chi connectivity index (χ2n) is 5.16. The maximum Gasteiger partial charge on any atom is 0.0621 e. The highest BCUT2D eigenvalue weighted by Gasteiger charge is 2.25. The summed E-state index contributed by atoms with van der Waals surface area (Å²) < 4.78 is 5.61. The van der Waals surface area contributed by atoms with Gasteiger partial charge in [-0.05, 0) is 38.8 Å². The van der Waals surface area contributed by atoms with Crippen molar-refractivity contribution in [3.63, 3.8) is 0 Å². The van der Waals surface area contributed by atoms with Gasteiger partial charge < -0.3 is 10.1 Å². The fourth-order valence-corrected chi connectivity index (χ4v) is 2.91. The number of rotatable bonds is 3. The molecule has 2 unspecified atom stereocenters. The van der Waals surface area contributed by atoms with Crippen molar-refractivity contribution in [3.8, 4) is 0 Å². The zero-order valence-electron chi connectivity index (χ0n) is 10.6. The van der Waals surface area contributed by atoms with Gasteiger partial charge in [0.05, 0.1) is 6.61 Å². The van der Waals surface area contributed by atoms with Crippen LogP contribution < -0.4 is 5.32 Å². The van der Waals surface area contributed by atoms with E-state index in [0.717, 1.165) is 13.2 Å².